The van der Waals surface area contributed by atoms with Crippen molar-refractivity contribution < 1.29 is 19.5 Å². The van der Waals surface area contributed by atoms with Crippen molar-refractivity contribution in [3.63, 3.8) is 0 Å². The Morgan fingerprint density at radius 1 is 1.10 bits per heavy atom. The van der Waals surface area contributed by atoms with E-state index in [9.17, 15) is 14.4 Å². The van der Waals surface area contributed by atoms with Crippen molar-refractivity contribution in [2.75, 3.05) is 13.1 Å². The highest BCUT2D eigenvalue weighted by atomic mass is 35.5. The number of nitrogens with one attached hydrogen (secondary N) is 2. The summed E-state index contributed by atoms with van der Waals surface area (Å²) < 4.78 is 0. The van der Waals surface area contributed by atoms with Gasteiger partial charge in [-0.05, 0) is 55.2 Å². The van der Waals surface area contributed by atoms with Crippen LogP contribution in [0.25, 0.3) is 0 Å². The molecule has 31 heavy (non-hydrogen) atoms. The van der Waals surface area contributed by atoms with Gasteiger partial charge in [0.05, 0.1) is 12.0 Å². The lowest BCUT2D eigenvalue weighted by Crippen LogP contribution is -2.45. The zero-order chi connectivity index (χ0) is 23.0. The molecule has 8 heteroatoms. The number of amides is 2. The average Bonchev–Trinajstić information content (AvgIpc) is 2.75. The van der Waals surface area contributed by atoms with Crippen molar-refractivity contribution in [3.8, 4) is 0 Å². The van der Waals surface area contributed by atoms with Gasteiger partial charge < -0.3 is 21.5 Å². The Morgan fingerprint density at radius 3 is 2.26 bits per heavy atom. The summed E-state index contributed by atoms with van der Waals surface area (Å²) in [6.07, 6.45) is 3.15. The Morgan fingerprint density at radius 2 is 1.71 bits per heavy atom. The van der Waals surface area contributed by atoms with Crippen LogP contribution in [0.3, 0.4) is 0 Å². The SMILES string of the molecule is CC(C)[C@H](N)C(=O)NCC(CC(=O)NCC1CCC(C(=O)O)CC1)c1ccc(Cl)cc1. The monoisotopic (exact) mass is 451 g/mol. The first-order valence-corrected chi connectivity index (χ1v) is 11.3. The average molecular weight is 452 g/mol. The van der Waals surface area contributed by atoms with Crippen molar-refractivity contribution >= 4 is 29.4 Å². The molecule has 0 aromatic heterocycles. The summed E-state index contributed by atoms with van der Waals surface area (Å²) in [4.78, 5) is 36.0. The predicted molar refractivity (Wildman–Crippen MR) is 121 cm³/mol. The number of carboxylic acid groups (broad SMARTS) is 1. The first kappa shape index (κ1) is 25.1. The minimum atomic E-state index is -0.729. The molecule has 0 bridgehead atoms. The fraction of sp³-hybridized carbons (Fsp3) is 0.609. The van der Waals surface area contributed by atoms with Gasteiger partial charge in [0.25, 0.3) is 0 Å². The van der Waals surface area contributed by atoms with Gasteiger partial charge in [-0.2, -0.15) is 0 Å². The maximum absolute atomic E-state index is 12.6. The lowest BCUT2D eigenvalue weighted by atomic mass is 9.82. The largest absolute Gasteiger partial charge is 0.481 e. The van der Waals surface area contributed by atoms with Crippen LogP contribution < -0.4 is 16.4 Å². The van der Waals surface area contributed by atoms with Gasteiger partial charge in [-0.25, -0.2) is 0 Å². The van der Waals surface area contributed by atoms with Crippen LogP contribution >= 0.6 is 11.6 Å². The smallest absolute Gasteiger partial charge is 0.306 e. The van der Waals surface area contributed by atoms with E-state index in [1.165, 1.54) is 0 Å². The molecule has 1 aliphatic rings. The standard InChI is InChI=1S/C23H34ClN3O4/c1-14(2)21(25)22(29)27-13-18(16-7-9-19(24)10-8-16)11-20(28)26-12-15-3-5-17(6-4-15)23(30)31/h7-10,14-15,17-18,21H,3-6,11-13,25H2,1-2H3,(H,26,28)(H,27,29)(H,30,31)/t15?,17?,18?,21-/m0/s1. The molecule has 2 rings (SSSR count). The number of carbonyl (C=O) groups is 3. The fourth-order valence-corrected chi connectivity index (χ4v) is 3.98. The summed E-state index contributed by atoms with van der Waals surface area (Å²) in [5, 5.41) is 15.6. The van der Waals surface area contributed by atoms with Crippen molar-refractivity contribution in [3.05, 3.63) is 34.9 Å². The highest BCUT2D eigenvalue weighted by molar-refractivity contribution is 6.30. The van der Waals surface area contributed by atoms with E-state index in [4.69, 9.17) is 22.4 Å². The van der Waals surface area contributed by atoms with Gasteiger partial charge >= 0.3 is 5.97 Å². The number of hydrogen-bond acceptors (Lipinski definition) is 4. The molecule has 0 aliphatic heterocycles. The molecule has 0 spiro atoms. The summed E-state index contributed by atoms with van der Waals surface area (Å²) in [6.45, 7) is 4.62. The van der Waals surface area contributed by atoms with E-state index in [1.54, 1.807) is 12.1 Å². The number of halogens is 1. The summed E-state index contributed by atoms with van der Waals surface area (Å²) in [5.74, 6) is -1.20. The molecule has 5 N–H and O–H groups in total. The molecule has 1 unspecified atom stereocenters. The Hall–Kier alpha value is -2.12. The number of carboxylic acids is 1. The molecule has 0 heterocycles. The Labute approximate surface area is 189 Å². The van der Waals surface area contributed by atoms with Gasteiger partial charge in [-0.15, -0.1) is 0 Å². The van der Waals surface area contributed by atoms with Gasteiger partial charge in [0.2, 0.25) is 11.8 Å². The number of nitrogens with two attached hydrogens (primary N) is 1. The lowest BCUT2D eigenvalue weighted by Gasteiger charge is -2.26. The molecule has 0 radical (unpaired) electrons. The molecular formula is C23H34ClN3O4. The van der Waals surface area contributed by atoms with Gasteiger partial charge in [-0.1, -0.05) is 37.6 Å². The predicted octanol–water partition coefficient (Wildman–Crippen LogP) is 2.92. The van der Waals surface area contributed by atoms with Crippen LogP contribution in [0.4, 0.5) is 0 Å². The molecular weight excluding hydrogens is 418 g/mol. The van der Waals surface area contributed by atoms with E-state index in [0.29, 0.717) is 36.9 Å². The highest BCUT2D eigenvalue weighted by Crippen LogP contribution is 2.28. The van der Waals surface area contributed by atoms with Crippen LogP contribution in [0.2, 0.25) is 5.02 Å². The molecule has 172 valence electrons. The van der Waals surface area contributed by atoms with Crippen molar-refractivity contribution in [2.24, 2.45) is 23.5 Å². The zero-order valence-corrected chi connectivity index (χ0v) is 19.0. The van der Waals surface area contributed by atoms with Crippen LogP contribution in [0, 0.1) is 17.8 Å². The normalized spacial score (nSPS) is 20.7. The number of rotatable bonds is 10. The third-order valence-corrected chi connectivity index (χ3v) is 6.35. The second-order valence-electron chi connectivity index (χ2n) is 8.83. The quantitative estimate of drug-likeness (QED) is 0.435. The summed E-state index contributed by atoms with van der Waals surface area (Å²) in [5.41, 5.74) is 6.84. The number of aliphatic carboxylic acids is 1. The van der Waals surface area contributed by atoms with Gasteiger partial charge in [-0.3, -0.25) is 14.4 Å². The first-order chi connectivity index (χ1) is 14.7. The van der Waals surface area contributed by atoms with E-state index in [1.807, 2.05) is 26.0 Å². The van der Waals surface area contributed by atoms with Crippen LogP contribution in [-0.2, 0) is 14.4 Å². The van der Waals surface area contributed by atoms with E-state index >= 15 is 0 Å². The van der Waals surface area contributed by atoms with Crippen molar-refractivity contribution in [1.29, 1.82) is 0 Å². The van der Waals surface area contributed by atoms with Crippen LogP contribution in [0.1, 0.15) is 57.4 Å². The summed E-state index contributed by atoms with van der Waals surface area (Å²) in [7, 11) is 0. The third kappa shape index (κ3) is 8.15. The fourth-order valence-electron chi connectivity index (χ4n) is 3.85. The van der Waals surface area contributed by atoms with Gasteiger partial charge in [0.15, 0.2) is 0 Å². The van der Waals surface area contributed by atoms with E-state index in [-0.39, 0.29) is 36.0 Å². The lowest BCUT2D eigenvalue weighted by molar-refractivity contribution is -0.143. The zero-order valence-electron chi connectivity index (χ0n) is 18.3. The Bertz CT molecular complexity index is 746. The molecule has 2 atom stereocenters. The van der Waals surface area contributed by atoms with E-state index < -0.39 is 12.0 Å². The van der Waals surface area contributed by atoms with Crippen LogP contribution in [0.5, 0.6) is 0 Å². The summed E-state index contributed by atoms with van der Waals surface area (Å²) >= 11 is 5.99. The third-order valence-electron chi connectivity index (χ3n) is 6.10. The maximum atomic E-state index is 12.6. The molecule has 2 amide bonds. The van der Waals surface area contributed by atoms with E-state index in [0.717, 1.165) is 18.4 Å². The Kier molecular flexibility index (Phi) is 9.78. The van der Waals surface area contributed by atoms with E-state index in [2.05, 4.69) is 10.6 Å². The topological polar surface area (TPSA) is 122 Å². The molecule has 1 fully saturated rings. The second-order valence-corrected chi connectivity index (χ2v) is 9.26. The van der Waals surface area contributed by atoms with Crippen LogP contribution in [0.15, 0.2) is 24.3 Å². The molecule has 1 aliphatic carbocycles. The van der Waals surface area contributed by atoms with Crippen molar-refractivity contribution in [1.82, 2.24) is 10.6 Å². The number of carbonyl (C=O) groups excluding carboxylic acids is 2. The minimum absolute atomic E-state index is 0.0218. The molecule has 1 aromatic carbocycles. The Balaban J connectivity index is 1.90. The minimum Gasteiger partial charge on any atom is -0.481 e. The second kappa shape index (κ2) is 12.1. The number of benzene rings is 1. The molecule has 7 nitrogen and oxygen atoms in total. The molecule has 0 saturated heterocycles. The van der Waals surface area contributed by atoms with Crippen molar-refractivity contribution in [2.45, 2.75) is 57.9 Å². The van der Waals surface area contributed by atoms with Gasteiger partial charge in [0, 0.05) is 30.5 Å². The first-order valence-electron chi connectivity index (χ1n) is 11.0. The van der Waals surface area contributed by atoms with Gasteiger partial charge in [0.1, 0.15) is 0 Å². The highest BCUT2D eigenvalue weighted by Gasteiger charge is 2.26. The molecule has 1 saturated carbocycles. The molecule has 1 aromatic rings. The summed E-state index contributed by atoms with van der Waals surface area (Å²) in [6, 6.07) is 6.67. The maximum Gasteiger partial charge on any atom is 0.306 e. The number of hydrogen-bond donors (Lipinski definition) is 4. The van der Waals surface area contributed by atoms with Crippen LogP contribution in [-0.4, -0.2) is 42.0 Å².